The molecule has 1 atom stereocenters. The quantitative estimate of drug-likeness (QED) is 0.798. The van der Waals surface area contributed by atoms with E-state index in [-0.39, 0.29) is 5.92 Å². The second kappa shape index (κ2) is 3.64. The number of hydrogen-bond acceptors (Lipinski definition) is 3. The van der Waals surface area contributed by atoms with E-state index in [4.69, 9.17) is 5.11 Å². The monoisotopic (exact) mass is 209 g/mol. The lowest BCUT2D eigenvalue weighted by atomic mass is 10.00. The Morgan fingerprint density at radius 3 is 2.93 bits per heavy atom. The fraction of sp³-hybridized carbons (Fsp3) is 0.700. The first-order chi connectivity index (χ1) is 7.09. The van der Waals surface area contributed by atoms with Gasteiger partial charge in [0.15, 0.2) is 5.82 Å². The molecule has 82 valence electrons. The number of fused-ring (bicyclic) bond motifs is 1. The Balaban J connectivity index is 2.38. The number of hydrogen-bond donors (Lipinski definition) is 1. The SMILES string of the molecule is CC(C)c1nc2n(n1)CCCC2C(=O)O. The molecule has 0 saturated carbocycles. The molecule has 1 N–H and O–H groups in total. The summed E-state index contributed by atoms with van der Waals surface area (Å²) in [5, 5.41) is 13.4. The average Bonchev–Trinajstić information content (AvgIpc) is 2.60. The Morgan fingerprint density at radius 2 is 2.33 bits per heavy atom. The molecule has 0 fully saturated rings. The van der Waals surface area contributed by atoms with Crippen molar-refractivity contribution in [2.45, 2.75) is 45.1 Å². The third-order valence-electron chi connectivity index (χ3n) is 2.71. The molecule has 1 unspecified atom stereocenters. The van der Waals surface area contributed by atoms with Gasteiger partial charge in [-0.05, 0) is 12.8 Å². The maximum atomic E-state index is 11.0. The van der Waals surface area contributed by atoms with Gasteiger partial charge in [0.1, 0.15) is 11.7 Å². The van der Waals surface area contributed by atoms with Crippen LogP contribution in [-0.2, 0) is 11.3 Å². The van der Waals surface area contributed by atoms with Crippen molar-refractivity contribution in [3.05, 3.63) is 11.6 Å². The van der Waals surface area contributed by atoms with Crippen LogP contribution in [0.2, 0.25) is 0 Å². The second-order valence-corrected chi connectivity index (χ2v) is 4.24. The minimum atomic E-state index is -0.793. The highest BCUT2D eigenvalue weighted by Crippen LogP contribution is 2.26. The van der Waals surface area contributed by atoms with Gasteiger partial charge >= 0.3 is 5.97 Å². The van der Waals surface area contributed by atoms with Gasteiger partial charge in [0.25, 0.3) is 0 Å². The van der Waals surface area contributed by atoms with Crippen LogP contribution >= 0.6 is 0 Å². The lowest BCUT2D eigenvalue weighted by Gasteiger charge is -2.17. The first-order valence-electron chi connectivity index (χ1n) is 5.27. The van der Waals surface area contributed by atoms with Gasteiger partial charge < -0.3 is 5.11 Å². The molecule has 5 nitrogen and oxygen atoms in total. The summed E-state index contributed by atoms with van der Waals surface area (Å²) in [5.41, 5.74) is 0. The fourth-order valence-electron chi connectivity index (χ4n) is 1.85. The number of carboxylic acid groups (broad SMARTS) is 1. The van der Waals surface area contributed by atoms with Crippen molar-refractivity contribution >= 4 is 5.97 Å². The number of carboxylic acids is 1. The topological polar surface area (TPSA) is 68.0 Å². The minimum Gasteiger partial charge on any atom is -0.481 e. The van der Waals surface area contributed by atoms with E-state index in [1.165, 1.54) is 0 Å². The van der Waals surface area contributed by atoms with E-state index in [2.05, 4.69) is 10.1 Å². The van der Waals surface area contributed by atoms with Gasteiger partial charge in [-0.25, -0.2) is 9.67 Å². The molecule has 1 aromatic rings. The molecule has 15 heavy (non-hydrogen) atoms. The van der Waals surface area contributed by atoms with Gasteiger partial charge in [0, 0.05) is 12.5 Å². The molecule has 2 heterocycles. The molecule has 1 aliphatic heterocycles. The molecule has 0 amide bonds. The molecule has 0 saturated heterocycles. The molecule has 0 bridgehead atoms. The van der Waals surface area contributed by atoms with Crippen LogP contribution in [-0.4, -0.2) is 25.8 Å². The molecule has 5 heteroatoms. The third-order valence-corrected chi connectivity index (χ3v) is 2.71. The fourth-order valence-corrected chi connectivity index (χ4v) is 1.85. The van der Waals surface area contributed by atoms with Crippen molar-refractivity contribution in [1.29, 1.82) is 0 Å². The predicted octanol–water partition coefficient (Wildman–Crippen LogP) is 1.36. The van der Waals surface area contributed by atoms with Crippen LogP contribution in [0.15, 0.2) is 0 Å². The lowest BCUT2D eigenvalue weighted by Crippen LogP contribution is -2.22. The minimum absolute atomic E-state index is 0.248. The van der Waals surface area contributed by atoms with Crippen molar-refractivity contribution < 1.29 is 9.90 Å². The molecule has 1 aromatic heterocycles. The Kier molecular flexibility index (Phi) is 2.46. The zero-order chi connectivity index (χ0) is 11.0. The summed E-state index contributed by atoms with van der Waals surface area (Å²) in [6.45, 7) is 4.81. The van der Waals surface area contributed by atoms with E-state index in [0.717, 1.165) is 18.8 Å². The van der Waals surface area contributed by atoms with Crippen LogP contribution in [0.5, 0.6) is 0 Å². The average molecular weight is 209 g/mol. The smallest absolute Gasteiger partial charge is 0.314 e. The maximum absolute atomic E-state index is 11.0. The standard InChI is InChI=1S/C10H15N3O2/c1-6(2)8-11-9-7(10(14)15)4-3-5-13(9)12-8/h6-7H,3-5H2,1-2H3,(H,14,15). The maximum Gasteiger partial charge on any atom is 0.314 e. The zero-order valence-corrected chi connectivity index (χ0v) is 8.97. The summed E-state index contributed by atoms with van der Waals surface area (Å²) in [7, 11) is 0. The normalized spacial score (nSPS) is 20.3. The van der Waals surface area contributed by atoms with E-state index in [1.807, 2.05) is 13.8 Å². The lowest BCUT2D eigenvalue weighted by molar-refractivity contribution is -0.139. The van der Waals surface area contributed by atoms with Gasteiger partial charge in [-0.1, -0.05) is 13.8 Å². The molecular weight excluding hydrogens is 194 g/mol. The van der Waals surface area contributed by atoms with Crippen LogP contribution in [0, 0.1) is 0 Å². The summed E-state index contributed by atoms with van der Waals surface area (Å²) < 4.78 is 1.75. The van der Waals surface area contributed by atoms with Gasteiger partial charge in [-0.15, -0.1) is 0 Å². The van der Waals surface area contributed by atoms with E-state index in [1.54, 1.807) is 4.68 Å². The zero-order valence-electron chi connectivity index (χ0n) is 8.97. The van der Waals surface area contributed by atoms with Gasteiger partial charge in [-0.2, -0.15) is 5.10 Å². The summed E-state index contributed by atoms with van der Waals surface area (Å²) in [6, 6.07) is 0. The molecular formula is C10H15N3O2. The van der Waals surface area contributed by atoms with E-state index in [9.17, 15) is 4.79 Å². The summed E-state index contributed by atoms with van der Waals surface area (Å²) >= 11 is 0. The molecule has 1 aliphatic rings. The van der Waals surface area contributed by atoms with E-state index >= 15 is 0 Å². The molecule has 2 rings (SSSR count). The van der Waals surface area contributed by atoms with Crippen molar-refractivity contribution in [1.82, 2.24) is 14.8 Å². The highest BCUT2D eigenvalue weighted by atomic mass is 16.4. The van der Waals surface area contributed by atoms with Crippen LogP contribution < -0.4 is 0 Å². The Bertz CT molecular complexity index is 384. The molecule has 0 radical (unpaired) electrons. The van der Waals surface area contributed by atoms with Crippen LogP contribution in [0.25, 0.3) is 0 Å². The Hall–Kier alpha value is -1.39. The Morgan fingerprint density at radius 1 is 1.60 bits per heavy atom. The highest BCUT2D eigenvalue weighted by Gasteiger charge is 2.30. The van der Waals surface area contributed by atoms with Crippen LogP contribution in [0.1, 0.15) is 50.2 Å². The van der Waals surface area contributed by atoms with Crippen molar-refractivity contribution in [3.8, 4) is 0 Å². The summed E-state index contributed by atoms with van der Waals surface area (Å²) in [5.74, 6) is 0.352. The van der Waals surface area contributed by atoms with Gasteiger partial charge in [0.05, 0.1) is 0 Å². The predicted molar refractivity (Wildman–Crippen MR) is 53.7 cm³/mol. The number of aromatic nitrogens is 3. The first kappa shape index (κ1) is 10.1. The van der Waals surface area contributed by atoms with Crippen molar-refractivity contribution in [3.63, 3.8) is 0 Å². The van der Waals surface area contributed by atoms with Crippen LogP contribution in [0.4, 0.5) is 0 Å². The highest BCUT2D eigenvalue weighted by molar-refractivity contribution is 5.75. The number of aliphatic carboxylic acids is 1. The number of rotatable bonds is 2. The van der Waals surface area contributed by atoms with E-state index in [0.29, 0.717) is 12.2 Å². The van der Waals surface area contributed by atoms with Crippen LogP contribution in [0.3, 0.4) is 0 Å². The number of carbonyl (C=O) groups is 1. The molecule has 0 spiro atoms. The molecule has 0 aromatic carbocycles. The Labute approximate surface area is 88.1 Å². The first-order valence-corrected chi connectivity index (χ1v) is 5.27. The number of aryl methyl sites for hydroxylation is 1. The van der Waals surface area contributed by atoms with Gasteiger partial charge in [0.2, 0.25) is 0 Å². The summed E-state index contributed by atoms with van der Waals surface area (Å²) in [6.07, 6.45) is 1.54. The van der Waals surface area contributed by atoms with Crippen molar-refractivity contribution in [2.75, 3.05) is 0 Å². The second-order valence-electron chi connectivity index (χ2n) is 4.24. The van der Waals surface area contributed by atoms with E-state index < -0.39 is 11.9 Å². The summed E-state index contributed by atoms with van der Waals surface area (Å²) in [4.78, 5) is 15.3. The third kappa shape index (κ3) is 1.73. The molecule has 0 aliphatic carbocycles. The van der Waals surface area contributed by atoms with Gasteiger partial charge in [-0.3, -0.25) is 4.79 Å². The number of nitrogens with zero attached hydrogens (tertiary/aromatic N) is 3. The largest absolute Gasteiger partial charge is 0.481 e. The van der Waals surface area contributed by atoms with Crippen molar-refractivity contribution in [2.24, 2.45) is 0 Å².